The molecule has 0 radical (unpaired) electrons. The Balaban J connectivity index is 1.70. The predicted molar refractivity (Wildman–Crippen MR) is 114 cm³/mol. The van der Waals surface area contributed by atoms with Crippen LogP contribution in [0, 0.1) is 5.92 Å². The van der Waals surface area contributed by atoms with Crippen LogP contribution in [0.2, 0.25) is 0 Å². The first-order valence-electron chi connectivity index (χ1n) is 9.75. The average Bonchev–Trinajstić information content (AvgIpc) is 3.29. The zero-order chi connectivity index (χ0) is 20.5. The van der Waals surface area contributed by atoms with E-state index in [0.717, 1.165) is 30.8 Å². The van der Waals surface area contributed by atoms with Crippen molar-refractivity contribution in [1.29, 1.82) is 0 Å². The molecule has 1 fully saturated rings. The predicted octanol–water partition coefficient (Wildman–Crippen LogP) is 3.72. The Morgan fingerprint density at radius 1 is 1.07 bits per heavy atom. The molecular formula is C22H23N3O3S. The number of piperidine rings is 1. The molecule has 6 nitrogen and oxygen atoms in total. The van der Waals surface area contributed by atoms with E-state index in [-0.39, 0.29) is 17.7 Å². The van der Waals surface area contributed by atoms with Gasteiger partial charge in [0.2, 0.25) is 5.91 Å². The fourth-order valence-electron chi connectivity index (χ4n) is 3.82. The zero-order valence-corrected chi connectivity index (χ0v) is 17.3. The molecule has 2 aliphatic rings. The second-order valence-electron chi connectivity index (χ2n) is 7.54. The van der Waals surface area contributed by atoms with Crippen LogP contribution < -0.4 is 10.2 Å². The van der Waals surface area contributed by atoms with Crippen LogP contribution in [0.25, 0.3) is 5.57 Å². The number of hydrogen-bond donors (Lipinski definition) is 1. The molecular weight excluding hydrogens is 386 g/mol. The van der Waals surface area contributed by atoms with Crippen molar-refractivity contribution in [1.82, 2.24) is 4.90 Å². The molecule has 7 heteroatoms. The van der Waals surface area contributed by atoms with Gasteiger partial charge in [-0.3, -0.25) is 14.4 Å². The van der Waals surface area contributed by atoms with Crippen LogP contribution in [0.15, 0.2) is 47.5 Å². The summed E-state index contributed by atoms with van der Waals surface area (Å²) in [5.74, 6) is -0.116. The summed E-state index contributed by atoms with van der Waals surface area (Å²) < 4.78 is 0. The number of imide groups is 1. The fraction of sp³-hybridized carbons (Fsp3) is 0.318. The Kier molecular flexibility index (Phi) is 5.24. The fourth-order valence-corrected chi connectivity index (χ4v) is 4.58. The number of rotatable bonds is 4. The zero-order valence-electron chi connectivity index (χ0n) is 16.5. The van der Waals surface area contributed by atoms with Crippen molar-refractivity contribution in [2.24, 2.45) is 5.92 Å². The summed E-state index contributed by atoms with van der Waals surface area (Å²) in [5, 5.41) is 4.61. The smallest absolute Gasteiger partial charge is 0.282 e. The van der Waals surface area contributed by atoms with Crippen molar-refractivity contribution in [3.05, 3.63) is 52.4 Å². The van der Waals surface area contributed by atoms with E-state index in [1.807, 2.05) is 17.5 Å². The first kappa shape index (κ1) is 19.4. The molecule has 0 bridgehead atoms. The van der Waals surface area contributed by atoms with Gasteiger partial charge in [-0.1, -0.05) is 13.0 Å². The number of nitrogens with zero attached hydrogens (tertiary/aromatic N) is 2. The van der Waals surface area contributed by atoms with E-state index >= 15 is 0 Å². The van der Waals surface area contributed by atoms with E-state index in [4.69, 9.17) is 0 Å². The number of amides is 3. The average molecular weight is 410 g/mol. The van der Waals surface area contributed by atoms with Crippen molar-refractivity contribution < 1.29 is 14.4 Å². The third-order valence-corrected chi connectivity index (χ3v) is 6.26. The van der Waals surface area contributed by atoms with Crippen LogP contribution in [0.3, 0.4) is 0 Å². The van der Waals surface area contributed by atoms with Gasteiger partial charge in [0, 0.05) is 30.6 Å². The molecule has 1 N–H and O–H groups in total. The highest BCUT2D eigenvalue weighted by molar-refractivity contribution is 7.11. The minimum Gasteiger partial charge on any atom is -0.366 e. The van der Waals surface area contributed by atoms with Crippen LogP contribution in [0.1, 0.15) is 31.6 Å². The van der Waals surface area contributed by atoms with Crippen molar-refractivity contribution in [2.45, 2.75) is 26.7 Å². The molecule has 0 unspecified atom stereocenters. The normalized spacial score (nSPS) is 18.0. The Labute approximate surface area is 173 Å². The molecule has 1 saturated heterocycles. The standard InChI is InChI=1S/C22H23N3O3S/c1-14-9-11-24(12-10-14)20-19(18-4-3-13-29-18)21(27)25(22(20)28)17-7-5-16(6-8-17)23-15(2)26/h3-8,13-14H,9-12H2,1-2H3,(H,23,26). The van der Waals surface area contributed by atoms with Gasteiger partial charge in [0.05, 0.1) is 11.3 Å². The molecule has 0 saturated carbocycles. The molecule has 29 heavy (non-hydrogen) atoms. The van der Waals surface area contributed by atoms with Gasteiger partial charge in [-0.25, -0.2) is 4.90 Å². The molecule has 4 rings (SSSR count). The van der Waals surface area contributed by atoms with Crippen molar-refractivity contribution in [2.75, 3.05) is 23.3 Å². The summed E-state index contributed by atoms with van der Waals surface area (Å²) >= 11 is 1.47. The number of likely N-dealkylation sites (tertiary alicyclic amines) is 1. The maximum atomic E-state index is 13.4. The Bertz CT molecular complexity index is 971. The van der Waals surface area contributed by atoms with E-state index in [2.05, 4.69) is 17.1 Å². The Morgan fingerprint density at radius 2 is 1.76 bits per heavy atom. The van der Waals surface area contributed by atoms with Gasteiger partial charge in [-0.15, -0.1) is 11.3 Å². The Morgan fingerprint density at radius 3 is 2.34 bits per heavy atom. The molecule has 2 aliphatic heterocycles. The lowest BCUT2D eigenvalue weighted by atomic mass is 9.98. The van der Waals surface area contributed by atoms with E-state index in [1.165, 1.54) is 23.2 Å². The minimum absolute atomic E-state index is 0.172. The van der Waals surface area contributed by atoms with Crippen molar-refractivity contribution >= 4 is 46.0 Å². The molecule has 0 aliphatic carbocycles. The molecule has 1 aromatic carbocycles. The summed E-state index contributed by atoms with van der Waals surface area (Å²) in [4.78, 5) is 42.1. The molecule has 3 amide bonds. The first-order valence-corrected chi connectivity index (χ1v) is 10.6. The van der Waals surface area contributed by atoms with Crippen LogP contribution in [0.4, 0.5) is 11.4 Å². The van der Waals surface area contributed by atoms with Gasteiger partial charge in [-0.05, 0) is 54.5 Å². The lowest BCUT2D eigenvalue weighted by Crippen LogP contribution is -2.38. The lowest BCUT2D eigenvalue weighted by molar-refractivity contribution is -0.121. The highest BCUT2D eigenvalue weighted by Gasteiger charge is 2.43. The van der Waals surface area contributed by atoms with Gasteiger partial charge in [0.15, 0.2) is 0 Å². The van der Waals surface area contributed by atoms with Gasteiger partial charge < -0.3 is 10.2 Å². The third-order valence-electron chi connectivity index (χ3n) is 5.37. The molecule has 2 aromatic rings. The van der Waals surface area contributed by atoms with Gasteiger partial charge >= 0.3 is 0 Å². The molecule has 0 atom stereocenters. The molecule has 3 heterocycles. The number of benzene rings is 1. The number of anilines is 2. The number of carbonyl (C=O) groups is 3. The summed E-state index contributed by atoms with van der Waals surface area (Å²) in [5.41, 5.74) is 2.13. The van der Waals surface area contributed by atoms with Gasteiger partial charge in [0.25, 0.3) is 11.8 Å². The second-order valence-corrected chi connectivity index (χ2v) is 8.49. The van der Waals surface area contributed by atoms with E-state index in [0.29, 0.717) is 28.6 Å². The molecule has 0 spiro atoms. The van der Waals surface area contributed by atoms with Crippen molar-refractivity contribution in [3.63, 3.8) is 0 Å². The molecule has 1 aromatic heterocycles. The summed E-state index contributed by atoms with van der Waals surface area (Å²) in [6, 6.07) is 10.6. The number of carbonyl (C=O) groups excluding carboxylic acids is 3. The van der Waals surface area contributed by atoms with Crippen LogP contribution in [-0.4, -0.2) is 35.7 Å². The number of thiophene rings is 1. The number of hydrogen-bond acceptors (Lipinski definition) is 5. The monoisotopic (exact) mass is 409 g/mol. The van der Waals surface area contributed by atoms with E-state index < -0.39 is 0 Å². The maximum Gasteiger partial charge on any atom is 0.282 e. The minimum atomic E-state index is -0.293. The first-order chi connectivity index (χ1) is 14.0. The number of nitrogens with one attached hydrogen (secondary N) is 1. The van der Waals surface area contributed by atoms with E-state index in [1.54, 1.807) is 24.3 Å². The largest absolute Gasteiger partial charge is 0.366 e. The van der Waals surface area contributed by atoms with Crippen LogP contribution in [0.5, 0.6) is 0 Å². The topological polar surface area (TPSA) is 69.7 Å². The van der Waals surface area contributed by atoms with Crippen molar-refractivity contribution in [3.8, 4) is 0 Å². The van der Waals surface area contributed by atoms with E-state index in [9.17, 15) is 14.4 Å². The quantitative estimate of drug-likeness (QED) is 0.782. The summed E-state index contributed by atoms with van der Waals surface area (Å²) in [6.07, 6.45) is 2.02. The Hall–Kier alpha value is -2.93. The molecule has 150 valence electrons. The third kappa shape index (κ3) is 3.70. The lowest BCUT2D eigenvalue weighted by Gasteiger charge is -2.32. The SMILES string of the molecule is CC(=O)Nc1ccc(N2C(=O)C(c3cccs3)=C(N3CCC(C)CC3)C2=O)cc1. The summed E-state index contributed by atoms with van der Waals surface area (Å²) in [6.45, 7) is 5.21. The van der Waals surface area contributed by atoms with Crippen LogP contribution in [-0.2, 0) is 14.4 Å². The maximum absolute atomic E-state index is 13.4. The van der Waals surface area contributed by atoms with Gasteiger partial charge in [0.1, 0.15) is 5.70 Å². The second kappa shape index (κ2) is 7.83. The van der Waals surface area contributed by atoms with Gasteiger partial charge in [-0.2, -0.15) is 0 Å². The summed E-state index contributed by atoms with van der Waals surface area (Å²) in [7, 11) is 0. The highest BCUT2D eigenvalue weighted by atomic mass is 32.1. The van der Waals surface area contributed by atoms with Crippen LogP contribution >= 0.6 is 11.3 Å². The highest BCUT2D eigenvalue weighted by Crippen LogP contribution is 2.38.